The molecule has 0 saturated carbocycles. The van der Waals surface area contributed by atoms with Crippen LogP contribution >= 0.6 is 11.3 Å². The van der Waals surface area contributed by atoms with Gasteiger partial charge in [-0.2, -0.15) is 0 Å². The molecule has 82 valence electrons. The molecule has 1 aromatic carbocycles. The zero-order chi connectivity index (χ0) is 11.3. The third kappa shape index (κ3) is 1.23. The quantitative estimate of drug-likeness (QED) is 0.709. The number of hydrogen-bond donors (Lipinski definition) is 1. The monoisotopic (exact) mass is 231 g/mol. The number of rotatable bonds is 0. The lowest BCUT2D eigenvalue weighted by molar-refractivity contribution is 0.924. The van der Waals surface area contributed by atoms with Gasteiger partial charge < -0.3 is 10.6 Å². The van der Waals surface area contributed by atoms with Gasteiger partial charge in [-0.05, 0) is 13.0 Å². The van der Waals surface area contributed by atoms with Crippen LogP contribution in [0.1, 0.15) is 9.88 Å². The van der Waals surface area contributed by atoms with Gasteiger partial charge in [-0.3, -0.25) is 0 Å². The Hall–Kier alpha value is -1.55. The van der Waals surface area contributed by atoms with Gasteiger partial charge in [0, 0.05) is 12.6 Å². The maximum atomic E-state index is 6.03. The van der Waals surface area contributed by atoms with Gasteiger partial charge in [0.1, 0.15) is 0 Å². The van der Waals surface area contributed by atoms with E-state index < -0.39 is 0 Å². The number of aryl methyl sites for hydroxylation is 1. The van der Waals surface area contributed by atoms with Crippen LogP contribution in [0, 0.1) is 6.92 Å². The van der Waals surface area contributed by atoms with E-state index in [4.69, 9.17) is 5.73 Å². The summed E-state index contributed by atoms with van der Waals surface area (Å²) in [5, 5.41) is 1.12. The molecule has 0 radical (unpaired) electrons. The Kier molecular flexibility index (Phi) is 1.94. The Labute approximate surface area is 98.5 Å². The van der Waals surface area contributed by atoms with Crippen molar-refractivity contribution in [3.63, 3.8) is 0 Å². The summed E-state index contributed by atoms with van der Waals surface area (Å²) in [7, 11) is 2.08. The van der Waals surface area contributed by atoms with E-state index in [0.717, 1.165) is 34.2 Å². The molecule has 0 unspecified atom stereocenters. The van der Waals surface area contributed by atoms with Crippen LogP contribution in [0.5, 0.6) is 0 Å². The number of fused-ring (bicyclic) bond motifs is 3. The SMILES string of the molecule is Cc1nc2c(s1)CN(C)c1c(N)cccc1-2. The molecule has 0 saturated heterocycles. The summed E-state index contributed by atoms with van der Waals surface area (Å²) in [5.41, 5.74) is 10.2. The Balaban J connectivity index is 2.32. The van der Waals surface area contributed by atoms with Crippen LogP contribution in [0.2, 0.25) is 0 Å². The minimum Gasteiger partial charge on any atom is -0.397 e. The fraction of sp³-hybridized carbons (Fsp3) is 0.250. The van der Waals surface area contributed by atoms with Crippen LogP contribution in [0.15, 0.2) is 18.2 Å². The third-order valence-electron chi connectivity index (χ3n) is 2.89. The van der Waals surface area contributed by atoms with Crippen molar-refractivity contribution in [3.8, 4) is 11.3 Å². The van der Waals surface area contributed by atoms with E-state index in [9.17, 15) is 0 Å². The highest BCUT2D eigenvalue weighted by Gasteiger charge is 2.24. The van der Waals surface area contributed by atoms with E-state index in [1.807, 2.05) is 12.1 Å². The predicted molar refractivity (Wildman–Crippen MR) is 68.8 cm³/mol. The molecule has 0 amide bonds. The van der Waals surface area contributed by atoms with Gasteiger partial charge in [0.2, 0.25) is 0 Å². The predicted octanol–water partition coefficient (Wildman–Crippen LogP) is 2.65. The van der Waals surface area contributed by atoms with Gasteiger partial charge in [-0.25, -0.2) is 4.98 Å². The molecule has 0 bridgehead atoms. The summed E-state index contributed by atoms with van der Waals surface area (Å²) < 4.78 is 0. The normalized spacial score (nSPS) is 13.5. The molecule has 4 heteroatoms. The van der Waals surface area contributed by atoms with E-state index >= 15 is 0 Å². The van der Waals surface area contributed by atoms with Crippen molar-refractivity contribution < 1.29 is 0 Å². The van der Waals surface area contributed by atoms with Crippen molar-refractivity contribution in [2.24, 2.45) is 0 Å². The molecule has 1 aliphatic rings. The lowest BCUT2D eigenvalue weighted by atomic mass is 10.0. The average molecular weight is 231 g/mol. The van der Waals surface area contributed by atoms with E-state index in [-0.39, 0.29) is 0 Å². The number of para-hydroxylation sites is 1. The lowest BCUT2D eigenvalue weighted by Gasteiger charge is -2.27. The first-order valence-corrected chi connectivity index (χ1v) is 6.05. The van der Waals surface area contributed by atoms with E-state index in [1.165, 1.54) is 4.88 Å². The zero-order valence-corrected chi connectivity index (χ0v) is 10.1. The van der Waals surface area contributed by atoms with Gasteiger partial charge in [0.25, 0.3) is 0 Å². The molecule has 1 aromatic heterocycles. The molecule has 0 spiro atoms. The number of nitrogens with two attached hydrogens (primary N) is 1. The summed E-state index contributed by atoms with van der Waals surface area (Å²) in [6, 6.07) is 6.03. The van der Waals surface area contributed by atoms with Crippen LogP contribution in [-0.2, 0) is 6.54 Å². The molecule has 0 fully saturated rings. The fourth-order valence-electron chi connectivity index (χ4n) is 2.26. The largest absolute Gasteiger partial charge is 0.397 e. The number of nitrogens with zero attached hydrogens (tertiary/aromatic N) is 2. The first kappa shape index (κ1) is 9.66. The summed E-state index contributed by atoms with van der Waals surface area (Å²) in [5.74, 6) is 0. The second kappa shape index (κ2) is 3.22. The smallest absolute Gasteiger partial charge is 0.0905 e. The topological polar surface area (TPSA) is 42.2 Å². The van der Waals surface area contributed by atoms with Crippen LogP contribution in [-0.4, -0.2) is 12.0 Å². The molecule has 0 aliphatic carbocycles. The van der Waals surface area contributed by atoms with E-state index in [0.29, 0.717) is 0 Å². The van der Waals surface area contributed by atoms with Crippen molar-refractivity contribution in [3.05, 3.63) is 28.1 Å². The zero-order valence-electron chi connectivity index (χ0n) is 9.32. The molecule has 2 N–H and O–H groups in total. The lowest BCUT2D eigenvalue weighted by Crippen LogP contribution is -2.21. The Morgan fingerprint density at radius 3 is 3.06 bits per heavy atom. The highest BCUT2D eigenvalue weighted by atomic mass is 32.1. The molecule has 0 atom stereocenters. The Morgan fingerprint density at radius 2 is 2.25 bits per heavy atom. The summed E-state index contributed by atoms with van der Waals surface area (Å²) in [6.07, 6.45) is 0. The minimum absolute atomic E-state index is 0.830. The Bertz CT molecular complexity index is 559. The molecule has 2 heterocycles. The van der Waals surface area contributed by atoms with Gasteiger partial charge in [-0.15, -0.1) is 11.3 Å². The van der Waals surface area contributed by atoms with Crippen molar-refractivity contribution in [1.29, 1.82) is 0 Å². The summed E-state index contributed by atoms with van der Waals surface area (Å²) in [6.45, 7) is 2.96. The summed E-state index contributed by atoms with van der Waals surface area (Å²) >= 11 is 1.77. The standard InChI is InChI=1S/C12H13N3S/c1-7-14-11-8-4-3-5-9(13)12(8)15(2)6-10(11)16-7/h3-5H,6,13H2,1-2H3. The second-order valence-electron chi connectivity index (χ2n) is 4.10. The van der Waals surface area contributed by atoms with E-state index in [1.54, 1.807) is 11.3 Å². The maximum absolute atomic E-state index is 6.03. The molecular formula is C12H13N3S. The van der Waals surface area contributed by atoms with Crippen LogP contribution < -0.4 is 10.6 Å². The van der Waals surface area contributed by atoms with E-state index in [2.05, 4.69) is 29.9 Å². The van der Waals surface area contributed by atoms with Crippen LogP contribution in [0.4, 0.5) is 11.4 Å². The Morgan fingerprint density at radius 1 is 1.44 bits per heavy atom. The second-order valence-corrected chi connectivity index (χ2v) is 5.39. The molecule has 16 heavy (non-hydrogen) atoms. The van der Waals surface area contributed by atoms with Crippen LogP contribution in [0.25, 0.3) is 11.3 Å². The van der Waals surface area contributed by atoms with Crippen molar-refractivity contribution >= 4 is 22.7 Å². The highest BCUT2D eigenvalue weighted by molar-refractivity contribution is 7.12. The molecule has 2 aromatic rings. The highest BCUT2D eigenvalue weighted by Crippen LogP contribution is 2.42. The molecule has 1 aliphatic heterocycles. The first-order chi connectivity index (χ1) is 7.66. The minimum atomic E-state index is 0.830. The maximum Gasteiger partial charge on any atom is 0.0905 e. The number of benzene rings is 1. The van der Waals surface area contributed by atoms with Gasteiger partial charge in [0.05, 0.1) is 33.5 Å². The van der Waals surface area contributed by atoms with Gasteiger partial charge in [-0.1, -0.05) is 12.1 Å². The van der Waals surface area contributed by atoms with Gasteiger partial charge >= 0.3 is 0 Å². The van der Waals surface area contributed by atoms with Crippen molar-refractivity contribution in [2.75, 3.05) is 17.7 Å². The number of anilines is 2. The number of aromatic nitrogens is 1. The van der Waals surface area contributed by atoms with Gasteiger partial charge in [0.15, 0.2) is 0 Å². The number of hydrogen-bond acceptors (Lipinski definition) is 4. The fourth-order valence-corrected chi connectivity index (χ4v) is 3.26. The molecule has 3 rings (SSSR count). The molecule has 3 nitrogen and oxygen atoms in total. The van der Waals surface area contributed by atoms with Crippen LogP contribution in [0.3, 0.4) is 0 Å². The third-order valence-corrected chi connectivity index (χ3v) is 3.84. The number of nitrogen functional groups attached to an aromatic ring is 1. The number of thiazole rings is 1. The summed E-state index contributed by atoms with van der Waals surface area (Å²) in [4.78, 5) is 8.14. The van der Waals surface area contributed by atoms with Crippen molar-refractivity contribution in [2.45, 2.75) is 13.5 Å². The average Bonchev–Trinajstić information content (AvgIpc) is 2.58. The molecular weight excluding hydrogens is 218 g/mol. The first-order valence-electron chi connectivity index (χ1n) is 5.23. The van der Waals surface area contributed by atoms with Crippen molar-refractivity contribution in [1.82, 2.24) is 4.98 Å².